The predicted octanol–water partition coefficient (Wildman–Crippen LogP) is 6.88. The molecule has 1 N–H and O–H groups in total. The van der Waals surface area contributed by atoms with E-state index in [2.05, 4.69) is 31.7 Å². The van der Waals surface area contributed by atoms with Crippen LogP contribution in [0.4, 0.5) is 0 Å². The fraction of sp³-hybridized carbons (Fsp3) is 0.550. The van der Waals surface area contributed by atoms with Crippen LogP contribution in [0.15, 0.2) is 18.2 Å². The van der Waals surface area contributed by atoms with Crippen LogP contribution in [0.3, 0.4) is 0 Å². The molecule has 0 spiro atoms. The SMILES string of the molecule is CCCCc1c(-c2ccc(O)c(CN(CCC)CCC)c2)ssc1=S. The summed E-state index contributed by atoms with van der Waals surface area (Å²) < 4.78 is 1.03. The third-order valence-corrected chi connectivity index (χ3v) is 7.51. The molecule has 0 saturated carbocycles. The van der Waals surface area contributed by atoms with Crippen LogP contribution in [0, 0.1) is 3.82 Å². The number of hydrogen-bond donors (Lipinski definition) is 1. The lowest BCUT2D eigenvalue weighted by atomic mass is 10.0. The minimum absolute atomic E-state index is 0.398. The van der Waals surface area contributed by atoms with E-state index in [1.807, 2.05) is 12.1 Å². The second-order valence-corrected chi connectivity index (χ2v) is 9.30. The molecule has 0 aliphatic heterocycles. The number of benzene rings is 1. The average Bonchev–Trinajstić information content (AvgIpc) is 2.96. The van der Waals surface area contributed by atoms with Crippen molar-refractivity contribution in [2.75, 3.05) is 13.1 Å². The van der Waals surface area contributed by atoms with Gasteiger partial charge in [0.25, 0.3) is 0 Å². The van der Waals surface area contributed by atoms with Gasteiger partial charge in [-0.1, -0.05) is 60.1 Å². The molecule has 1 heterocycles. The molecule has 0 bridgehead atoms. The Morgan fingerprint density at radius 1 is 1.04 bits per heavy atom. The fourth-order valence-corrected chi connectivity index (χ4v) is 6.06. The topological polar surface area (TPSA) is 23.5 Å². The zero-order valence-electron chi connectivity index (χ0n) is 15.5. The molecule has 138 valence electrons. The molecular weight excluding hydrogens is 366 g/mol. The Hall–Kier alpha value is -0.750. The Kier molecular flexibility index (Phi) is 8.56. The first-order valence-electron chi connectivity index (χ1n) is 9.27. The molecule has 1 aromatic heterocycles. The molecular formula is C20H29NOS3. The minimum atomic E-state index is 0.398. The largest absolute Gasteiger partial charge is 0.508 e. The molecule has 0 radical (unpaired) electrons. The van der Waals surface area contributed by atoms with Gasteiger partial charge in [-0.05, 0) is 68.1 Å². The van der Waals surface area contributed by atoms with Crippen LogP contribution in [0.1, 0.15) is 57.6 Å². The Morgan fingerprint density at radius 2 is 1.76 bits per heavy atom. The summed E-state index contributed by atoms with van der Waals surface area (Å²) in [6.07, 6.45) is 5.67. The first kappa shape index (κ1) is 20.6. The first-order valence-corrected chi connectivity index (χ1v) is 11.8. The molecule has 5 heteroatoms. The van der Waals surface area contributed by atoms with Crippen molar-refractivity contribution in [3.8, 4) is 16.2 Å². The highest BCUT2D eigenvalue weighted by Crippen LogP contribution is 2.37. The number of aromatic hydroxyl groups is 1. The summed E-state index contributed by atoms with van der Waals surface area (Å²) in [5.41, 5.74) is 3.54. The summed E-state index contributed by atoms with van der Waals surface area (Å²) in [6, 6.07) is 6.04. The third-order valence-electron chi connectivity index (χ3n) is 4.32. The van der Waals surface area contributed by atoms with E-state index >= 15 is 0 Å². The van der Waals surface area contributed by atoms with Gasteiger partial charge in [0.05, 0.1) is 4.88 Å². The Labute approximate surface area is 164 Å². The van der Waals surface area contributed by atoms with Gasteiger partial charge in [0, 0.05) is 12.1 Å². The van der Waals surface area contributed by atoms with Crippen molar-refractivity contribution in [3.63, 3.8) is 0 Å². The van der Waals surface area contributed by atoms with Crippen LogP contribution in [0.2, 0.25) is 0 Å². The monoisotopic (exact) mass is 395 g/mol. The minimum Gasteiger partial charge on any atom is -0.508 e. The first-order chi connectivity index (χ1) is 12.1. The fourth-order valence-electron chi connectivity index (χ4n) is 3.06. The second kappa shape index (κ2) is 10.4. The van der Waals surface area contributed by atoms with E-state index in [1.54, 1.807) is 20.7 Å². The zero-order chi connectivity index (χ0) is 18.2. The summed E-state index contributed by atoms with van der Waals surface area (Å²) in [7, 11) is 3.48. The molecule has 0 aliphatic carbocycles. The third kappa shape index (κ3) is 5.61. The van der Waals surface area contributed by atoms with E-state index in [-0.39, 0.29) is 0 Å². The highest BCUT2D eigenvalue weighted by molar-refractivity contribution is 7.80. The second-order valence-electron chi connectivity index (χ2n) is 6.48. The van der Waals surface area contributed by atoms with E-state index in [4.69, 9.17) is 12.2 Å². The van der Waals surface area contributed by atoms with Gasteiger partial charge in [-0.25, -0.2) is 0 Å². The van der Waals surface area contributed by atoms with E-state index in [1.165, 1.54) is 28.8 Å². The smallest absolute Gasteiger partial charge is 0.120 e. The maximum Gasteiger partial charge on any atom is 0.120 e. The summed E-state index contributed by atoms with van der Waals surface area (Å²) in [5.74, 6) is 0.398. The number of phenols is 1. The summed E-state index contributed by atoms with van der Waals surface area (Å²) in [5, 5.41) is 10.3. The number of rotatable bonds is 10. The molecule has 2 rings (SSSR count). The molecule has 0 unspecified atom stereocenters. The lowest BCUT2D eigenvalue weighted by Gasteiger charge is -2.21. The van der Waals surface area contributed by atoms with Gasteiger partial charge >= 0.3 is 0 Å². The van der Waals surface area contributed by atoms with Crippen molar-refractivity contribution in [2.45, 2.75) is 59.4 Å². The van der Waals surface area contributed by atoms with Gasteiger partial charge in [0.2, 0.25) is 0 Å². The molecule has 2 aromatic rings. The van der Waals surface area contributed by atoms with Crippen molar-refractivity contribution in [3.05, 3.63) is 33.1 Å². The van der Waals surface area contributed by atoms with Crippen molar-refractivity contribution in [1.29, 1.82) is 0 Å². The zero-order valence-corrected chi connectivity index (χ0v) is 18.0. The van der Waals surface area contributed by atoms with Crippen LogP contribution in [0.25, 0.3) is 10.4 Å². The highest BCUT2D eigenvalue weighted by atomic mass is 32.9. The number of phenolic OH excluding ortho intramolecular Hbond substituents is 1. The van der Waals surface area contributed by atoms with E-state index in [9.17, 15) is 5.11 Å². The quantitative estimate of drug-likeness (QED) is 0.350. The average molecular weight is 396 g/mol. The molecule has 2 nitrogen and oxygen atoms in total. The van der Waals surface area contributed by atoms with Crippen molar-refractivity contribution >= 4 is 32.9 Å². The summed E-state index contributed by atoms with van der Waals surface area (Å²) in [6.45, 7) is 9.57. The van der Waals surface area contributed by atoms with Gasteiger partial charge in [-0.15, -0.1) is 0 Å². The Balaban J connectivity index is 2.31. The molecule has 1 aromatic carbocycles. The Bertz CT molecular complexity index is 714. The van der Waals surface area contributed by atoms with Gasteiger partial charge in [-0.3, -0.25) is 4.90 Å². The van der Waals surface area contributed by atoms with Crippen LogP contribution in [0.5, 0.6) is 5.75 Å². The van der Waals surface area contributed by atoms with Crippen LogP contribution >= 0.6 is 32.9 Å². The van der Waals surface area contributed by atoms with E-state index in [0.717, 1.165) is 48.3 Å². The molecule has 0 aliphatic rings. The lowest BCUT2D eigenvalue weighted by Crippen LogP contribution is -2.24. The van der Waals surface area contributed by atoms with Gasteiger partial charge < -0.3 is 5.11 Å². The summed E-state index contributed by atoms with van der Waals surface area (Å²) in [4.78, 5) is 3.72. The van der Waals surface area contributed by atoms with Gasteiger partial charge in [0.1, 0.15) is 9.57 Å². The van der Waals surface area contributed by atoms with E-state index in [0.29, 0.717) is 5.75 Å². The van der Waals surface area contributed by atoms with Crippen LogP contribution < -0.4 is 0 Å². The Morgan fingerprint density at radius 3 is 2.40 bits per heavy atom. The molecule has 0 atom stereocenters. The van der Waals surface area contributed by atoms with E-state index < -0.39 is 0 Å². The number of unbranched alkanes of at least 4 members (excludes halogenated alkanes) is 1. The van der Waals surface area contributed by atoms with Crippen molar-refractivity contribution in [1.82, 2.24) is 4.90 Å². The molecule has 0 fully saturated rings. The highest BCUT2D eigenvalue weighted by Gasteiger charge is 2.14. The van der Waals surface area contributed by atoms with Crippen LogP contribution in [-0.4, -0.2) is 23.1 Å². The number of nitrogens with zero attached hydrogens (tertiary/aromatic N) is 1. The van der Waals surface area contributed by atoms with Crippen molar-refractivity contribution < 1.29 is 5.11 Å². The predicted molar refractivity (Wildman–Crippen MR) is 115 cm³/mol. The van der Waals surface area contributed by atoms with Gasteiger partial charge in [-0.2, -0.15) is 0 Å². The summed E-state index contributed by atoms with van der Waals surface area (Å²) >= 11 is 5.56. The van der Waals surface area contributed by atoms with Crippen molar-refractivity contribution in [2.24, 2.45) is 0 Å². The van der Waals surface area contributed by atoms with Gasteiger partial charge in [0.15, 0.2) is 0 Å². The molecule has 0 amide bonds. The normalized spacial score (nSPS) is 11.4. The molecule has 25 heavy (non-hydrogen) atoms. The molecule has 0 saturated heterocycles. The lowest BCUT2D eigenvalue weighted by molar-refractivity contribution is 0.263. The maximum atomic E-state index is 10.3. The number of hydrogen-bond acceptors (Lipinski definition) is 5. The standard InChI is InChI=1S/C20H29NOS3/c1-4-7-8-17-19(24-25-20(17)23)15-9-10-18(22)16(13-15)14-21(11-5-2)12-6-3/h9-10,13,22H,4-8,11-12,14H2,1-3H3. The van der Waals surface area contributed by atoms with Crippen LogP contribution in [-0.2, 0) is 13.0 Å². The maximum absolute atomic E-state index is 10.3.